The van der Waals surface area contributed by atoms with Gasteiger partial charge in [-0.25, -0.2) is 9.78 Å². The average Bonchev–Trinajstić information content (AvgIpc) is 2.85. The number of aryl methyl sites for hydroxylation is 1. The molecule has 2 aromatic rings. The highest BCUT2D eigenvalue weighted by molar-refractivity contribution is 5.85. The smallest absolute Gasteiger partial charge is 0.371 e. The predicted molar refractivity (Wildman–Crippen MR) is 52.6 cm³/mol. The van der Waals surface area contributed by atoms with Gasteiger partial charge in [-0.3, -0.25) is 0 Å². The minimum Gasteiger partial charge on any atom is -0.475 e. The largest absolute Gasteiger partial charge is 0.475 e. The molecule has 0 radical (unpaired) electrons. The van der Waals surface area contributed by atoms with Crippen molar-refractivity contribution in [2.75, 3.05) is 0 Å². The van der Waals surface area contributed by atoms with Gasteiger partial charge in [0.1, 0.15) is 0 Å². The first kappa shape index (κ1) is 9.51. The predicted octanol–water partition coefficient (Wildman–Crippen LogP) is 1.86. The van der Waals surface area contributed by atoms with Gasteiger partial charge >= 0.3 is 5.97 Å². The lowest BCUT2D eigenvalue weighted by atomic mass is 10.4. The summed E-state index contributed by atoms with van der Waals surface area (Å²) in [6, 6.07) is 3.03. The van der Waals surface area contributed by atoms with Crippen LogP contribution >= 0.6 is 0 Å². The molecule has 0 spiro atoms. The van der Waals surface area contributed by atoms with Crippen LogP contribution in [0.25, 0.3) is 11.6 Å². The first-order valence-corrected chi connectivity index (χ1v) is 4.57. The number of carboxylic acid groups (broad SMARTS) is 1. The Kier molecular flexibility index (Phi) is 2.29. The van der Waals surface area contributed by atoms with E-state index in [2.05, 4.69) is 4.98 Å². The molecule has 0 aromatic carbocycles. The molecule has 0 saturated heterocycles. The Hall–Kier alpha value is -2.04. The van der Waals surface area contributed by atoms with Gasteiger partial charge in [-0.2, -0.15) is 0 Å². The molecule has 0 aliphatic heterocycles. The molecule has 1 N–H and O–H groups in total. The minimum absolute atomic E-state index is 0.0735. The van der Waals surface area contributed by atoms with Crippen LogP contribution in [0.1, 0.15) is 17.5 Å². The van der Waals surface area contributed by atoms with Crippen molar-refractivity contribution < 1.29 is 14.3 Å². The van der Waals surface area contributed by atoms with Crippen LogP contribution in [0.4, 0.5) is 0 Å². The van der Waals surface area contributed by atoms with Crippen LogP contribution in [0.15, 0.2) is 28.9 Å². The number of carboxylic acids is 1. The van der Waals surface area contributed by atoms with E-state index in [1.54, 1.807) is 12.3 Å². The lowest BCUT2D eigenvalue weighted by molar-refractivity contribution is 0.0663. The van der Waals surface area contributed by atoms with Crippen LogP contribution in [0.5, 0.6) is 0 Å². The molecule has 78 valence electrons. The van der Waals surface area contributed by atoms with E-state index in [0.29, 0.717) is 11.6 Å². The first-order valence-electron chi connectivity index (χ1n) is 4.57. The summed E-state index contributed by atoms with van der Waals surface area (Å²) in [7, 11) is 0. The maximum Gasteiger partial charge on any atom is 0.371 e. The molecule has 2 rings (SSSR count). The van der Waals surface area contributed by atoms with Crippen molar-refractivity contribution in [2.24, 2.45) is 0 Å². The lowest BCUT2D eigenvalue weighted by Gasteiger charge is -2.00. The molecule has 0 unspecified atom stereocenters. The number of imidazole rings is 1. The van der Waals surface area contributed by atoms with Gasteiger partial charge in [-0.15, -0.1) is 0 Å². The van der Waals surface area contributed by atoms with Crippen molar-refractivity contribution in [1.29, 1.82) is 0 Å². The molecule has 2 heterocycles. The number of nitrogens with zero attached hydrogens (tertiary/aromatic N) is 2. The van der Waals surface area contributed by atoms with Crippen molar-refractivity contribution in [3.8, 4) is 11.6 Å². The normalized spacial score (nSPS) is 10.5. The SMILES string of the molecule is CCn1ccnc1-c1ccc(C(=O)O)o1. The Morgan fingerprint density at radius 1 is 1.60 bits per heavy atom. The standard InChI is InChI=1S/C10H10N2O3/c1-2-12-6-5-11-9(12)7-3-4-8(15-7)10(13)14/h3-6H,2H2,1H3,(H,13,14). The number of rotatable bonds is 3. The van der Waals surface area contributed by atoms with E-state index in [4.69, 9.17) is 9.52 Å². The molecule has 0 aliphatic rings. The molecule has 0 bridgehead atoms. The Morgan fingerprint density at radius 2 is 2.40 bits per heavy atom. The van der Waals surface area contributed by atoms with Gasteiger partial charge in [0, 0.05) is 18.9 Å². The molecule has 15 heavy (non-hydrogen) atoms. The van der Waals surface area contributed by atoms with Gasteiger partial charge in [0.25, 0.3) is 0 Å². The van der Waals surface area contributed by atoms with E-state index in [9.17, 15) is 4.79 Å². The van der Waals surface area contributed by atoms with E-state index < -0.39 is 5.97 Å². The van der Waals surface area contributed by atoms with Crippen LogP contribution < -0.4 is 0 Å². The van der Waals surface area contributed by atoms with Crippen molar-refractivity contribution in [2.45, 2.75) is 13.5 Å². The Bertz CT molecular complexity index is 484. The van der Waals surface area contributed by atoms with Crippen molar-refractivity contribution >= 4 is 5.97 Å². The van der Waals surface area contributed by atoms with Gasteiger partial charge in [0.2, 0.25) is 5.76 Å². The fraction of sp³-hybridized carbons (Fsp3) is 0.200. The van der Waals surface area contributed by atoms with Crippen molar-refractivity contribution in [3.05, 3.63) is 30.3 Å². The fourth-order valence-corrected chi connectivity index (χ4v) is 1.36. The second-order valence-corrected chi connectivity index (χ2v) is 3.01. The van der Waals surface area contributed by atoms with Gasteiger partial charge in [0.15, 0.2) is 11.6 Å². The monoisotopic (exact) mass is 206 g/mol. The van der Waals surface area contributed by atoms with E-state index in [0.717, 1.165) is 6.54 Å². The fourth-order valence-electron chi connectivity index (χ4n) is 1.36. The molecule has 0 aliphatic carbocycles. The number of carbonyl (C=O) groups is 1. The van der Waals surface area contributed by atoms with Crippen LogP contribution in [-0.2, 0) is 6.54 Å². The minimum atomic E-state index is -1.07. The number of hydrogen-bond donors (Lipinski definition) is 1. The number of aromatic nitrogens is 2. The highest BCUT2D eigenvalue weighted by atomic mass is 16.4. The zero-order valence-electron chi connectivity index (χ0n) is 8.17. The summed E-state index contributed by atoms with van der Waals surface area (Å²) in [6.45, 7) is 2.74. The van der Waals surface area contributed by atoms with E-state index in [1.165, 1.54) is 6.07 Å². The molecular formula is C10H10N2O3. The molecule has 0 saturated carbocycles. The maximum absolute atomic E-state index is 10.6. The third-order valence-electron chi connectivity index (χ3n) is 2.09. The van der Waals surface area contributed by atoms with Gasteiger partial charge in [0.05, 0.1) is 0 Å². The Morgan fingerprint density at radius 3 is 3.00 bits per heavy atom. The van der Waals surface area contributed by atoms with E-state index in [-0.39, 0.29) is 5.76 Å². The Balaban J connectivity index is 2.41. The van der Waals surface area contributed by atoms with E-state index in [1.807, 2.05) is 17.7 Å². The molecule has 2 aromatic heterocycles. The quantitative estimate of drug-likeness (QED) is 0.832. The molecule has 0 fully saturated rings. The summed E-state index contributed by atoms with van der Waals surface area (Å²) in [5.74, 6) is -0.0317. The highest BCUT2D eigenvalue weighted by Gasteiger charge is 2.13. The summed E-state index contributed by atoms with van der Waals surface area (Å²) in [5.41, 5.74) is 0. The lowest BCUT2D eigenvalue weighted by Crippen LogP contribution is -1.95. The number of furan rings is 1. The van der Waals surface area contributed by atoms with Gasteiger partial charge in [-0.1, -0.05) is 0 Å². The molecule has 5 heteroatoms. The zero-order chi connectivity index (χ0) is 10.8. The number of aromatic carboxylic acids is 1. The van der Waals surface area contributed by atoms with Crippen LogP contribution in [0, 0.1) is 0 Å². The maximum atomic E-state index is 10.6. The second kappa shape index (κ2) is 3.61. The summed E-state index contributed by atoms with van der Waals surface area (Å²) >= 11 is 0. The summed E-state index contributed by atoms with van der Waals surface area (Å²) < 4.78 is 7.03. The van der Waals surface area contributed by atoms with Gasteiger partial charge in [-0.05, 0) is 19.1 Å². The topological polar surface area (TPSA) is 68.3 Å². The third-order valence-corrected chi connectivity index (χ3v) is 2.09. The number of hydrogen-bond acceptors (Lipinski definition) is 3. The Labute approximate surface area is 86.0 Å². The zero-order valence-corrected chi connectivity index (χ0v) is 8.17. The first-order chi connectivity index (χ1) is 7.22. The molecule has 5 nitrogen and oxygen atoms in total. The molecule has 0 amide bonds. The summed E-state index contributed by atoms with van der Waals surface area (Å²) in [6.07, 6.45) is 3.47. The highest BCUT2D eigenvalue weighted by Crippen LogP contribution is 2.20. The second-order valence-electron chi connectivity index (χ2n) is 3.01. The van der Waals surface area contributed by atoms with Crippen LogP contribution in [0.3, 0.4) is 0 Å². The van der Waals surface area contributed by atoms with E-state index >= 15 is 0 Å². The van der Waals surface area contributed by atoms with Gasteiger partial charge < -0.3 is 14.1 Å². The molecular weight excluding hydrogens is 196 g/mol. The summed E-state index contributed by atoms with van der Waals surface area (Å²) in [5, 5.41) is 8.70. The average molecular weight is 206 g/mol. The van der Waals surface area contributed by atoms with Crippen molar-refractivity contribution in [3.63, 3.8) is 0 Å². The third kappa shape index (κ3) is 1.63. The van der Waals surface area contributed by atoms with Crippen LogP contribution in [-0.4, -0.2) is 20.6 Å². The van der Waals surface area contributed by atoms with Crippen LogP contribution in [0.2, 0.25) is 0 Å². The summed E-state index contributed by atoms with van der Waals surface area (Å²) in [4.78, 5) is 14.7. The van der Waals surface area contributed by atoms with Crippen molar-refractivity contribution in [1.82, 2.24) is 9.55 Å². The molecule has 0 atom stereocenters.